The molecular weight excluding hydrogens is 257 g/mol. The highest BCUT2D eigenvalue weighted by atomic mass is 19.4. The van der Waals surface area contributed by atoms with E-state index in [0.29, 0.717) is 25.8 Å². The molecule has 1 rings (SSSR count). The molecule has 0 N–H and O–H groups in total. The minimum absolute atomic E-state index is 0.0418. The van der Waals surface area contributed by atoms with Crippen molar-refractivity contribution in [2.24, 2.45) is 11.8 Å². The number of carbonyl (C=O) groups excluding carboxylic acids is 1. The van der Waals surface area contributed by atoms with Gasteiger partial charge in [0, 0.05) is 12.5 Å². The predicted octanol–water partition coefficient (Wildman–Crippen LogP) is 3.12. The molecule has 0 aromatic rings. The molecule has 1 saturated carbocycles. The van der Waals surface area contributed by atoms with Gasteiger partial charge in [0.15, 0.2) is 0 Å². The maximum Gasteiger partial charge on any atom is 0.391 e. The summed E-state index contributed by atoms with van der Waals surface area (Å²) in [5, 5.41) is 8.67. The van der Waals surface area contributed by atoms with E-state index in [4.69, 9.17) is 5.26 Å². The van der Waals surface area contributed by atoms with Crippen LogP contribution in [-0.2, 0) is 4.79 Å². The lowest BCUT2D eigenvalue weighted by molar-refractivity contribution is -0.187. The van der Waals surface area contributed by atoms with E-state index in [0.717, 1.165) is 0 Å². The Balaban J connectivity index is 2.67. The molecule has 1 fully saturated rings. The number of alkyl halides is 3. The monoisotopic (exact) mass is 276 g/mol. The minimum Gasteiger partial charge on any atom is -0.329 e. The Morgan fingerprint density at radius 2 is 2.11 bits per heavy atom. The van der Waals surface area contributed by atoms with Crippen molar-refractivity contribution in [3.05, 3.63) is 0 Å². The summed E-state index contributed by atoms with van der Waals surface area (Å²) in [5.74, 6) is -2.25. The third-order valence-corrected chi connectivity index (χ3v) is 3.55. The second kappa shape index (κ2) is 6.78. The highest BCUT2D eigenvalue weighted by molar-refractivity contribution is 5.79. The molecule has 19 heavy (non-hydrogen) atoms. The second-order valence-corrected chi connectivity index (χ2v) is 5.02. The summed E-state index contributed by atoms with van der Waals surface area (Å²) in [6.07, 6.45) is -2.62. The van der Waals surface area contributed by atoms with Crippen LogP contribution in [0, 0.1) is 23.2 Å². The molecule has 0 aromatic heterocycles. The first-order valence-corrected chi connectivity index (χ1v) is 6.62. The molecule has 3 nitrogen and oxygen atoms in total. The lowest BCUT2D eigenvalue weighted by Crippen LogP contribution is -2.40. The van der Waals surface area contributed by atoms with Crippen LogP contribution in [0.25, 0.3) is 0 Å². The molecule has 0 aliphatic heterocycles. The van der Waals surface area contributed by atoms with Gasteiger partial charge in [0.05, 0.1) is 12.0 Å². The van der Waals surface area contributed by atoms with Crippen LogP contribution >= 0.6 is 0 Å². The first-order chi connectivity index (χ1) is 8.90. The van der Waals surface area contributed by atoms with Crippen LogP contribution in [0.5, 0.6) is 0 Å². The molecule has 1 aliphatic rings. The van der Waals surface area contributed by atoms with Crippen molar-refractivity contribution in [3.8, 4) is 6.07 Å². The molecule has 6 heteroatoms. The molecule has 2 atom stereocenters. The van der Waals surface area contributed by atoms with Gasteiger partial charge in [-0.25, -0.2) is 0 Å². The van der Waals surface area contributed by atoms with E-state index in [1.807, 2.05) is 13.0 Å². The third-order valence-electron chi connectivity index (χ3n) is 3.55. The van der Waals surface area contributed by atoms with Crippen molar-refractivity contribution < 1.29 is 18.0 Å². The molecule has 0 aromatic carbocycles. The lowest BCUT2D eigenvalue weighted by atomic mass is 9.80. The number of nitrogens with zero attached hydrogens (tertiary/aromatic N) is 2. The fourth-order valence-electron chi connectivity index (χ4n) is 2.59. The molecule has 0 radical (unpaired) electrons. The van der Waals surface area contributed by atoms with Crippen molar-refractivity contribution in [1.82, 2.24) is 4.90 Å². The predicted molar refractivity (Wildman–Crippen MR) is 64.0 cm³/mol. The van der Waals surface area contributed by atoms with Crippen LogP contribution in [0.15, 0.2) is 0 Å². The van der Waals surface area contributed by atoms with Gasteiger partial charge < -0.3 is 4.90 Å². The third kappa shape index (κ3) is 4.41. The molecule has 1 aliphatic carbocycles. The summed E-state index contributed by atoms with van der Waals surface area (Å²) in [5.41, 5.74) is 0. The zero-order valence-electron chi connectivity index (χ0n) is 11.0. The molecule has 1 amide bonds. The Labute approximate surface area is 111 Å². The molecule has 0 heterocycles. The first kappa shape index (κ1) is 15.8. The number of hydrogen-bond acceptors (Lipinski definition) is 2. The van der Waals surface area contributed by atoms with E-state index in [-0.39, 0.29) is 25.3 Å². The van der Waals surface area contributed by atoms with Crippen LogP contribution in [-0.4, -0.2) is 30.1 Å². The van der Waals surface area contributed by atoms with E-state index < -0.39 is 18.0 Å². The van der Waals surface area contributed by atoms with Crippen LogP contribution in [0.1, 0.15) is 39.0 Å². The van der Waals surface area contributed by atoms with Gasteiger partial charge in [0.25, 0.3) is 0 Å². The number of carbonyl (C=O) groups is 1. The Kier molecular flexibility index (Phi) is 5.64. The van der Waals surface area contributed by atoms with Crippen molar-refractivity contribution in [3.63, 3.8) is 0 Å². The zero-order valence-corrected chi connectivity index (χ0v) is 11.0. The topological polar surface area (TPSA) is 44.1 Å². The van der Waals surface area contributed by atoms with Gasteiger partial charge in [0.2, 0.25) is 5.91 Å². The molecule has 108 valence electrons. The molecule has 0 saturated heterocycles. The fourth-order valence-corrected chi connectivity index (χ4v) is 2.59. The molecule has 0 spiro atoms. The highest BCUT2D eigenvalue weighted by Gasteiger charge is 2.44. The van der Waals surface area contributed by atoms with Crippen LogP contribution in [0.3, 0.4) is 0 Å². The number of halogens is 3. The summed E-state index contributed by atoms with van der Waals surface area (Å²) >= 11 is 0. The zero-order chi connectivity index (χ0) is 14.5. The summed E-state index contributed by atoms with van der Waals surface area (Å²) in [6.45, 7) is 2.26. The van der Waals surface area contributed by atoms with Gasteiger partial charge >= 0.3 is 6.18 Å². The first-order valence-electron chi connectivity index (χ1n) is 6.62. The highest BCUT2D eigenvalue weighted by Crippen LogP contribution is 2.40. The number of nitriles is 1. The summed E-state index contributed by atoms with van der Waals surface area (Å²) in [6, 6.07) is 1.90. The van der Waals surface area contributed by atoms with Gasteiger partial charge in [-0.1, -0.05) is 13.3 Å². The number of hydrogen-bond donors (Lipinski definition) is 0. The van der Waals surface area contributed by atoms with Gasteiger partial charge in [-0.05, 0) is 25.7 Å². The quantitative estimate of drug-likeness (QED) is 0.740. The average Bonchev–Trinajstić information content (AvgIpc) is 2.37. The normalized spacial score (nSPS) is 23.7. The van der Waals surface area contributed by atoms with Crippen molar-refractivity contribution in [1.29, 1.82) is 5.26 Å². The van der Waals surface area contributed by atoms with Crippen LogP contribution in [0.4, 0.5) is 13.2 Å². The summed E-state index contributed by atoms with van der Waals surface area (Å²) in [7, 11) is 0. The van der Waals surface area contributed by atoms with Crippen molar-refractivity contribution in [2.75, 3.05) is 13.1 Å². The largest absolute Gasteiger partial charge is 0.391 e. The van der Waals surface area contributed by atoms with Gasteiger partial charge in [0.1, 0.15) is 6.54 Å². The van der Waals surface area contributed by atoms with E-state index in [2.05, 4.69) is 0 Å². The summed E-state index contributed by atoms with van der Waals surface area (Å²) < 4.78 is 38.1. The van der Waals surface area contributed by atoms with E-state index in [1.54, 1.807) is 0 Å². The van der Waals surface area contributed by atoms with Gasteiger partial charge in [-0.2, -0.15) is 18.4 Å². The van der Waals surface area contributed by atoms with Crippen molar-refractivity contribution in [2.45, 2.75) is 45.2 Å². The Morgan fingerprint density at radius 1 is 1.42 bits per heavy atom. The molecule has 0 bridgehead atoms. The molecular formula is C13H19F3N2O. The van der Waals surface area contributed by atoms with Gasteiger partial charge in [-0.15, -0.1) is 0 Å². The number of rotatable bonds is 4. The number of amides is 1. The van der Waals surface area contributed by atoms with Crippen LogP contribution in [0.2, 0.25) is 0 Å². The van der Waals surface area contributed by atoms with E-state index in [9.17, 15) is 18.0 Å². The second-order valence-electron chi connectivity index (χ2n) is 5.02. The van der Waals surface area contributed by atoms with E-state index in [1.165, 1.54) is 4.90 Å². The van der Waals surface area contributed by atoms with Crippen LogP contribution < -0.4 is 0 Å². The lowest BCUT2D eigenvalue weighted by Gasteiger charge is -2.32. The minimum atomic E-state index is -4.22. The summed E-state index contributed by atoms with van der Waals surface area (Å²) in [4.78, 5) is 13.5. The Hall–Kier alpha value is -1.25. The average molecular weight is 276 g/mol. The smallest absolute Gasteiger partial charge is 0.329 e. The van der Waals surface area contributed by atoms with E-state index >= 15 is 0 Å². The Morgan fingerprint density at radius 3 is 2.63 bits per heavy atom. The maximum absolute atomic E-state index is 12.7. The Bertz CT molecular complexity index is 349. The van der Waals surface area contributed by atoms with Crippen molar-refractivity contribution >= 4 is 5.91 Å². The standard InChI is InChI=1S/C13H19F3N2O/c1-2-7-18(8-6-17)12(19)10-4-3-5-11(9-10)13(14,15)16/h10-11H,2-5,7-9H2,1H3. The fraction of sp³-hybridized carbons (Fsp3) is 0.846. The SMILES string of the molecule is CCCN(CC#N)C(=O)C1CCCC(C(F)(F)F)C1. The molecule has 2 unspecified atom stereocenters. The maximum atomic E-state index is 12.7. The van der Waals surface area contributed by atoms with Gasteiger partial charge in [-0.3, -0.25) is 4.79 Å².